The number of likely N-dealkylation sites (tertiary alicyclic amines) is 1. The van der Waals surface area contributed by atoms with Gasteiger partial charge in [0.15, 0.2) is 0 Å². The standard InChI is InChI=1S/C20H20N2O5/c23-18(22-11-10-15(13-22)20(25)26)12-21-19(24)14-6-8-17(9-7-14)27-16-4-2-1-3-5-16/h1-9,15H,10-13H2,(H,21,24)(H,25,26). The zero-order chi connectivity index (χ0) is 19.2. The van der Waals surface area contributed by atoms with Gasteiger partial charge in [-0.05, 0) is 42.8 Å². The van der Waals surface area contributed by atoms with E-state index in [1.165, 1.54) is 4.90 Å². The van der Waals surface area contributed by atoms with E-state index in [-0.39, 0.29) is 24.9 Å². The number of ether oxygens (including phenoxy) is 1. The Morgan fingerprint density at radius 3 is 2.33 bits per heavy atom. The predicted octanol–water partition coefficient (Wildman–Crippen LogP) is 2.14. The number of carbonyl (C=O) groups is 3. The lowest BCUT2D eigenvalue weighted by molar-refractivity contribution is -0.141. The average Bonchev–Trinajstić information content (AvgIpc) is 3.18. The van der Waals surface area contributed by atoms with Crippen LogP contribution in [0.5, 0.6) is 11.5 Å². The van der Waals surface area contributed by atoms with E-state index in [1.807, 2.05) is 30.3 Å². The van der Waals surface area contributed by atoms with Crippen molar-refractivity contribution in [3.05, 3.63) is 60.2 Å². The Kier molecular flexibility index (Phi) is 5.71. The second-order valence-corrected chi connectivity index (χ2v) is 6.29. The maximum absolute atomic E-state index is 12.2. The van der Waals surface area contributed by atoms with Gasteiger partial charge in [0.1, 0.15) is 11.5 Å². The Morgan fingerprint density at radius 1 is 1.04 bits per heavy atom. The molecule has 0 spiro atoms. The molecule has 3 rings (SSSR count). The normalized spacial score (nSPS) is 16.0. The molecule has 7 nitrogen and oxygen atoms in total. The van der Waals surface area contributed by atoms with Crippen LogP contribution in [0.15, 0.2) is 54.6 Å². The van der Waals surface area contributed by atoms with Crippen LogP contribution in [0.1, 0.15) is 16.8 Å². The first-order valence-corrected chi connectivity index (χ1v) is 8.64. The number of rotatable bonds is 6. The Balaban J connectivity index is 1.49. The minimum atomic E-state index is -0.896. The van der Waals surface area contributed by atoms with Crippen molar-refractivity contribution in [3.63, 3.8) is 0 Å². The zero-order valence-electron chi connectivity index (χ0n) is 14.6. The molecule has 0 aromatic heterocycles. The van der Waals surface area contributed by atoms with E-state index in [1.54, 1.807) is 24.3 Å². The van der Waals surface area contributed by atoms with Gasteiger partial charge in [0, 0.05) is 18.7 Å². The van der Waals surface area contributed by atoms with Crippen LogP contribution in [0.4, 0.5) is 0 Å². The third-order valence-electron chi connectivity index (χ3n) is 4.39. The molecule has 140 valence electrons. The summed E-state index contributed by atoms with van der Waals surface area (Å²) in [5.74, 6) is -0.773. The van der Waals surface area contributed by atoms with Crippen molar-refractivity contribution in [1.82, 2.24) is 10.2 Å². The predicted molar refractivity (Wildman–Crippen MR) is 97.6 cm³/mol. The molecule has 1 fully saturated rings. The third-order valence-corrected chi connectivity index (χ3v) is 4.39. The lowest BCUT2D eigenvalue weighted by atomic mass is 10.1. The number of carboxylic acids is 1. The molecule has 1 atom stereocenters. The van der Waals surface area contributed by atoms with Crippen LogP contribution in [0, 0.1) is 5.92 Å². The van der Waals surface area contributed by atoms with Crippen molar-refractivity contribution in [1.29, 1.82) is 0 Å². The maximum atomic E-state index is 12.2. The van der Waals surface area contributed by atoms with E-state index < -0.39 is 11.9 Å². The molecule has 0 radical (unpaired) electrons. The monoisotopic (exact) mass is 368 g/mol. The molecule has 2 aromatic rings. The van der Waals surface area contributed by atoms with Crippen LogP contribution in [0.2, 0.25) is 0 Å². The summed E-state index contributed by atoms with van der Waals surface area (Å²) < 4.78 is 5.67. The first-order chi connectivity index (χ1) is 13.0. The Labute approximate surface area is 156 Å². The average molecular weight is 368 g/mol. The Morgan fingerprint density at radius 2 is 1.70 bits per heavy atom. The highest BCUT2D eigenvalue weighted by atomic mass is 16.5. The van der Waals surface area contributed by atoms with Gasteiger partial charge in [0.05, 0.1) is 12.5 Å². The van der Waals surface area contributed by atoms with Crippen LogP contribution >= 0.6 is 0 Å². The number of aliphatic carboxylic acids is 1. The number of carbonyl (C=O) groups excluding carboxylic acids is 2. The van der Waals surface area contributed by atoms with Crippen molar-refractivity contribution < 1.29 is 24.2 Å². The Bertz CT molecular complexity index is 820. The number of nitrogens with zero attached hydrogens (tertiary/aromatic N) is 1. The molecule has 0 saturated carbocycles. The van der Waals surface area contributed by atoms with E-state index in [0.717, 1.165) is 0 Å². The minimum Gasteiger partial charge on any atom is -0.481 e. The van der Waals surface area contributed by atoms with Gasteiger partial charge < -0.3 is 20.1 Å². The maximum Gasteiger partial charge on any atom is 0.308 e. The van der Waals surface area contributed by atoms with Crippen molar-refractivity contribution in [2.24, 2.45) is 5.92 Å². The van der Waals surface area contributed by atoms with Gasteiger partial charge >= 0.3 is 5.97 Å². The van der Waals surface area contributed by atoms with Crippen molar-refractivity contribution in [3.8, 4) is 11.5 Å². The van der Waals surface area contributed by atoms with Gasteiger partial charge in [-0.3, -0.25) is 14.4 Å². The molecule has 1 unspecified atom stereocenters. The number of hydrogen-bond acceptors (Lipinski definition) is 4. The fourth-order valence-electron chi connectivity index (χ4n) is 2.86. The van der Waals surface area contributed by atoms with Crippen LogP contribution in [0.3, 0.4) is 0 Å². The SMILES string of the molecule is O=C(NCC(=O)N1CCC(C(=O)O)C1)c1ccc(Oc2ccccc2)cc1. The van der Waals surface area contributed by atoms with Crippen molar-refractivity contribution in [2.75, 3.05) is 19.6 Å². The van der Waals surface area contributed by atoms with Gasteiger partial charge in [0.2, 0.25) is 5.91 Å². The summed E-state index contributed by atoms with van der Waals surface area (Å²) in [7, 11) is 0. The summed E-state index contributed by atoms with van der Waals surface area (Å²) in [5.41, 5.74) is 0.410. The molecule has 2 N–H and O–H groups in total. The first kappa shape index (κ1) is 18.4. The number of carboxylic acid groups (broad SMARTS) is 1. The highest BCUT2D eigenvalue weighted by Gasteiger charge is 2.30. The summed E-state index contributed by atoms with van der Waals surface area (Å²) in [6.45, 7) is 0.431. The molecule has 27 heavy (non-hydrogen) atoms. The summed E-state index contributed by atoms with van der Waals surface area (Å²) >= 11 is 0. The quantitative estimate of drug-likeness (QED) is 0.814. The van der Waals surface area contributed by atoms with E-state index in [0.29, 0.717) is 30.0 Å². The number of hydrogen-bond donors (Lipinski definition) is 2. The molecule has 7 heteroatoms. The largest absolute Gasteiger partial charge is 0.481 e. The fraction of sp³-hybridized carbons (Fsp3) is 0.250. The van der Waals surface area contributed by atoms with Crippen LogP contribution in [-0.4, -0.2) is 47.4 Å². The topological polar surface area (TPSA) is 95.9 Å². The summed E-state index contributed by atoms with van der Waals surface area (Å²) in [5, 5.41) is 11.5. The molecule has 0 bridgehead atoms. The van der Waals surface area contributed by atoms with E-state index >= 15 is 0 Å². The molecule has 2 aromatic carbocycles. The summed E-state index contributed by atoms with van der Waals surface area (Å²) in [6.07, 6.45) is 0.442. The first-order valence-electron chi connectivity index (χ1n) is 8.64. The van der Waals surface area contributed by atoms with Crippen LogP contribution < -0.4 is 10.1 Å². The van der Waals surface area contributed by atoms with E-state index in [2.05, 4.69) is 5.32 Å². The smallest absolute Gasteiger partial charge is 0.308 e. The lowest BCUT2D eigenvalue weighted by Gasteiger charge is -2.16. The number of para-hydroxylation sites is 1. The molecule has 2 amide bonds. The van der Waals surface area contributed by atoms with E-state index in [9.17, 15) is 14.4 Å². The van der Waals surface area contributed by atoms with Gasteiger partial charge in [-0.2, -0.15) is 0 Å². The Hall–Kier alpha value is -3.35. The summed E-state index contributed by atoms with van der Waals surface area (Å²) in [6, 6.07) is 15.9. The van der Waals surface area contributed by atoms with Gasteiger partial charge in [-0.1, -0.05) is 18.2 Å². The molecular formula is C20H20N2O5. The molecule has 1 saturated heterocycles. The molecule has 1 aliphatic heterocycles. The van der Waals surface area contributed by atoms with Crippen LogP contribution in [0.25, 0.3) is 0 Å². The molecule has 1 heterocycles. The molecule has 1 aliphatic rings. The second kappa shape index (κ2) is 8.35. The van der Waals surface area contributed by atoms with Crippen molar-refractivity contribution in [2.45, 2.75) is 6.42 Å². The van der Waals surface area contributed by atoms with Gasteiger partial charge in [-0.15, -0.1) is 0 Å². The number of nitrogens with one attached hydrogen (secondary N) is 1. The second-order valence-electron chi connectivity index (χ2n) is 6.29. The molecular weight excluding hydrogens is 348 g/mol. The van der Waals surface area contributed by atoms with E-state index in [4.69, 9.17) is 9.84 Å². The fourth-order valence-corrected chi connectivity index (χ4v) is 2.86. The van der Waals surface area contributed by atoms with Gasteiger partial charge in [-0.25, -0.2) is 0 Å². The summed E-state index contributed by atoms with van der Waals surface area (Å²) in [4.78, 5) is 36.7. The third kappa shape index (κ3) is 4.84. The highest BCUT2D eigenvalue weighted by Crippen LogP contribution is 2.21. The number of benzene rings is 2. The number of amides is 2. The van der Waals surface area contributed by atoms with Gasteiger partial charge in [0.25, 0.3) is 5.91 Å². The zero-order valence-corrected chi connectivity index (χ0v) is 14.6. The molecule has 0 aliphatic carbocycles. The lowest BCUT2D eigenvalue weighted by Crippen LogP contribution is -2.39. The van der Waals surface area contributed by atoms with Crippen molar-refractivity contribution >= 4 is 17.8 Å². The van der Waals surface area contributed by atoms with Crippen LogP contribution in [-0.2, 0) is 9.59 Å². The minimum absolute atomic E-state index is 0.159. The highest BCUT2D eigenvalue weighted by molar-refractivity contribution is 5.96.